The lowest BCUT2D eigenvalue weighted by atomic mass is 10.1. The number of ether oxygens (including phenoxy) is 1. The van der Waals surface area contributed by atoms with E-state index in [9.17, 15) is 35.5 Å². The first-order chi connectivity index (χ1) is 11.1. The van der Waals surface area contributed by atoms with Crippen LogP contribution in [0.25, 0.3) is 0 Å². The predicted octanol–water partition coefficient (Wildman–Crippen LogP) is 2.80. The molecule has 11 heteroatoms. The van der Waals surface area contributed by atoms with Crippen molar-refractivity contribution in [2.75, 3.05) is 26.2 Å². The van der Waals surface area contributed by atoms with Crippen LogP contribution in [0.3, 0.4) is 0 Å². The zero-order valence-electron chi connectivity index (χ0n) is 11.9. The summed E-state index contributed by atoms with van der Waals surface area (Å²) in [6.45, 7) is 0.119. The molecule has 1 fully saturated rings. The fourth-order valence-electron chi connectivity index (χ4n) is 2.13. The second-order valence-corrected chi connectivity index (χ2v) is 4.90. The molecule has 1 aliphatic heterocycles. The maximum atomic E-state index is 13.6. The van der Waals surface area contributed by atoms with Crippen molar-refractivity contribution in [3.05, 3.63) is 34.4 Å². The second kappa shape index (κ2) is 6.83. The van der Waals surface area contributed by atoms with Gasteiger partial charge in [-0.3, -0.25) is 0 Å². The van der Waals surface area contributed by atoms with Gasteiger partial charge in [0.05, 0.1) is 5.56 Å². The van der Waals surface area contributed by atoms with Crippen LogP contribution in [0.15, 0.2) is 0 Å². The maximum absolute atomic E-state index is 13.6. The van der Waals surface area contributed by atoms with E-state index in [0.29, 0.717) is 13.1 Å². The average Bonchev–Trinajstić information content (AvgIpc) is 2.52. The van der Waals surface area contributed by atoms with Gasteiger partial charge in [0.2, 0.25) is 0 Å². The first-order valence-electron chi connectivity index (χ1n) is 6.69. The number of hydrogen-bond acceptors (Lipinski definition) is 3. The molecule has 0 saturated carbocycles. The van der Waals surface area contributed by atoms with Gasteiger partial charge in [-0.05, 0) is 0 Å². The van der Waals surface area contributed by atoms with Gasteiger partial charge in [0.15, 0.2) is 23.3 Å². The third-order valence-corrected chi connectivity index (χ3v) is 3.35. The minimum Gasteiger partial charge on any atom is -0.444 e. The SMILES string of the molecule is O=C(OCc1c(F)c(F)c(C(F)(F)F)c(F)c1F)N1CCNCC1. The van der Waals surface area contributed by atoms with Gasteiger partial charge >= 0.3 is 12.3 Å². The molecule has 4 nitrogen and oxygen atoms in total. The summed E-state index contributed by atoms with van der Waals surface area (Å²) in [5.41, 5.74) is -4.10. The lowest BCUT2D eigenvalue weighted by Gasteiger charge is -2.26. The third kappa shape index (κ3) is 3.55. The Balaban J connectivity index is 2.23. The quantitative estimate of drug-likeness (QED) is 0.652. The standard InChI is InChI=1S/C13H11F7N2O2/c14-8-6(5-24-12(23)22-3-1-21-2-4-22)9(15)11(17)7(10(8)16)13(18,19)20/h21H,1-5H2. The van der Waals surface area contributed by atoms with E-state index in [1.807, 2.05) is 0 Å². The van der Waals surface area contributed by atoms with Crippen LogP contribution >= 0.6 is 0 Å². The van der Waals surface area contributed by atoms with Gasteiger partial charge in [0.25, 0.3) is 0 Å². The van der Waals surface area contributed by atoms with Gasteiger partial charge in [-0.15, -0.1) is 0 Å². The molecular formula is C13H11F7N2O2. The van der Waals surface area contributed by atoms with Crippen molar-refractivity contribution in [3.63, 3.8) is 0 Å². The Bertz CT molecular complexity index is 613. The van der Waals surface area contributed by atoms with E-state index in [1.54, 1.807) is 0 Å². The fourth-order valence-corrected chi connectivity index (χ4v) is 2.13. The molecule has 1 aliphatic rings. The molecule has 1 N–H and O–H groups in total. The third-order valence-electron chi connectivity index (χ3n) is 3.35. The van der Waals surface area contributed by atoms with E-state index >= 15 is 0 Å². The summed E-state index contributed by atoms with van der Waals surface area (Å²) in [5, 5.41) is 2.92. The molecule has 1 saturated heterocycles. The number of hydrogen-bond donors (Lipinski definition) is 1. The first kappa shape index (κ1) is 18.3. The number of rotatable bonds is 2. The highest BCUT2D eigenvalue weighted by molar-refractivity contribution is 5.67. The first-order valence-corrected chi connectivity index (χ1v) is 6.69. The molecule has 0 spiro atoms. The predicted molar refractivity (Wildman–Crippen MR) is 65.9 cm³/mol. The van der Waals surface area contributed by atoms with Crippen molar-refractivity contribution in [1.29, 1.82) is 0 Å². The number of alkyl halides is 3. The largest absolute Gasteiger partial charge is 0.444 e. The van der Waals surface area contributed by atoms with Crippen molar-refractivity contribution in [1.82, 2.24) is 10.2 Å². The summed E-state index contributed by atoms with van der Waals surface area (Å²) < 4.78 is 96.0. The molecular weight excluding hydrogens is 349 g/mol. The normalized spacial score (nSPS) is 15.5. The highest BCUT2D eigenvalue weighted by atomic mass is 19.4. The molecule has 0 aliphatic carbocycles. The van der Waals surface area contributed by atoms with E-state index in [-0.39, 0.29) is 13.1 Å². The number of carbonyl (C=O) groups is 1. The van der Waals surface area contributed by atoms with Crippen molar-refractivity contribution < 1.29 is 40.3 Å². The summed E-state index contributed by atoms with van der Waals surface area (Å²) in [6.07, 6.45) is -6.62. The van der Waals surface area contributed by atoms with Gasteiger partial charge in [0, 0.05) is 26.2 Å². The van der Waals surface area contributed by atoms with Crippen LogP contribution in [0.4, 0.5) is 35.5 Å². The average molecular weight is 360 g/mol. The summed E-state index contributed by atoms with van der Waals surface area (Å²) in [6, 6.07) is 0. The molecule has 0 bridgehead atoms. The lowest BCUT2D eigenvalue weighted by Crippen LogP contribution is -2.46. The molecule has 0 atom stereocenters. The van der Waals surface area contributed by atoms with Crippen molar-refractivity contribution >= 4 is 6.09 Å². The van der Waals surface area contributed by atoms with Crippen LogP contribution in [0.1, 0.15) is 11.1 Å². The lowest BCUT2D eigenvalue weighted by molar-refractivity contribution is -0.143. The molecule has 0 aromatic heterocycles. The Morgan fingerprint density at radius 1 is 1.00 bits per heavy atom. The molecule has 1 amide bonds. The van der Waals surface area contributed by atoms with E-state index in [4.69, 9.17) is 0 Å². The number of nitrogens with zero attached hydrogens (tertiary/aromatic N) is 1. The Morgan fingerprint density at radius 2 is 1.50 bits per heavy atom. The Morgan fingerprint density at radius 3 is 1.96 bits per heavy atom. The number of halogens is 7. The fraction of sp³-hybridized carbons (Fsp3) is 0.462. The van der Waals surface area contributed by atoms with E-state index in [1.165, 1.54) is 4.90 Å². The highest BCUT2D eigenvalue weighted by Crippen LogP contribution is 2.37. The molecule has 0 unspecified atom stereocenters. The van der Waals surface area contributed by atoms with E-state index in [2.05, 4.69) is 10.1 Å². The summed E-state index contributed by atoms with van der Waals surface area (Å²) in [5.74, 6) is -9.69. The number of benzene rings is 1. The van der Waals surface area contributed by atoms with Gasteiger partial charge in [-0.1, -0.05) is 0 Å². The second-order valence-electron chi connectivity index (χ2n) is 4.90. The van der Waals surface area contributed by atoms with E-state index in [0.717, 1.165) is 0 Å². The summed E-state index contributed by atoms with van der Waals surface area (Å²) >= 11 is 0. The van der Waals surface area contributed by atoms with Gasteiger partial charge in [-0.25, -0.2) is 22.4 Å². The number of nitrogens with one attached hydrogen (secondary N) is 1. The van der Waals surface area contributed by atoms with Crippen molar-refractivity contribution in [3.8, 4) is 0 Å². The van der Waals surface area contributed by atoms with Gasteiger partial charge < -0.3 is 15.0 Å². The van der Waals surface area contributed by atoms with Crippen LogP contribution in [0.5, 0.6) is 0 Å². The van der Waals surface area contributed by atoms with Crippen LogP contribution in [-0.2, 0) is 17.5 Å². The highest BCUT2D eigenvalue weighted by Gasteiger charge is 2.42. The van der Waals surface area contributed by atoms with Crippen molar-refractivity contribution in [2.24, 2.45) is 0 Å². The number of piperazine rings is 1. The Kier molecular flexibility index (Phi) is 5.21. The minimum absolute atomic E-state index is 0.236. The maximum Gasteiger partial charge on any atom is 0.422 e. The monoisotopic (exact) mass is 360 g/mol. The Hall–Kier alpha value is -2.04. The molecule has 2 rings (SSSR count). The number of amides is 1. The molecule has 1 heterocycles. The molecule has 0 radical (unpaired) electrons. The van der Waals surface area contributed by atoms with E-state index < -0.39 is 53.3 Å². The Labute approximate surface area is 131 Å². The zero-order valence-corrected chi connectivity index (χ0v) is 11.9. The molecule has 1 aromatic carbocycles. The van der Waals surface area contributed by atoms with Crippen LogP contribution in [-0.4, -0.2) is 37.2 Å². The summed E-state index contributed by atoms with van der Waals surface area (Å²) in [4.78, 5) is 12.8. The molecule has 1 aromatic rings. The van der Waals surface area contributed by atoms with Crippen LogP contribution in [0, 0.1) is 23.3 Å². The van der Waals surface area contributed by atoms with Gasteiger partial charge in [-0.2, -0.15) is 13.2 Å². The van der Waals surface area contributed by atoms with Crippen molar-refractivity contribution in [2.45, 2.75) is 12.8 Å². The zero-order chi connectivity index (χ0) is 18.1. The van der Waals surface area contributed by atoms with Crippen LogP contribution in [0.2, 0.25) is 0 Å². The molecule has 134 valence electrons. The smallest absolute Gasteiger partial charge is 0.422 e. The number of carbonyl (C=O) groups excluding carboxylic acids is 1. The summed E-state index contributed by atoms with van der Waals surface area (Å²) in [7, 11) is 0. The van der Waals surface area contributed by atoms with Gasteiger partial charge in [0.1, 0.15) is 12.2 Å². The molecule has 24 heavy (non-hydrogen) atoms. The topological polar surface area (TPSA) is 41.6 Å². The minimum atomic E-state index is -5.62. The van der Waals surface area contributed by atoms with Crippen LogP contribution < -0.4 is 5.32 Å².